The predicted molar refractivity (Wildman–Crippen MR) is 93.1 cm³/mol. The molecule has 0 atom stereocenters. The smallest absolute Gasteiger partial charge is 0.336 e. The van der Waals surface area contributed by atoms with Crippen LogP contribution in [0.15, 0.2) is 36.5 Å². The number of aromatic nitrogens is 3. The summed E-state index contributed by atoms with van der Waals surface area (Å²) < 4.78 is 0. The molecule has 7 nitrogen and oxygen atoms in total. The molecule has 120 valence electrons. The van der Waals surface area contributed by atoms with Gasteiger partial charge >= 0.3 is 5.97 Å². The van der Waals surface area contributed by atoms with Crippen LogP contribution in [-0.2, 0) is 0 Å². The van der Waals surface area contributed by atoms with Crippen molar-refractivity contribution >= 4 is 40.4 Å². The highest BCUT2D eigenvalue weighted by molar-refractivity contribution is 5.97. The lowest BCUT2D eigenvalue weighted by Crippen LogP contribution is -2.02. The highest BCUT2D eigenvalue weighted by Crippen LogP contribution is 2.24. The van der Waals surface area contributed by atoms with Crippen molar-refractivity contribution in [3.63, 3.8) is 0 Å². The van der Waals surface area contributed by atoms with Crippen LogP contribution in [0.3, 0.4) is 0 Å². The van der Waals surface area contributed by atoms with E-state index in [2.05, 4.69) is 15.0 Å². The van der Waals surface area contributed by atoms with E-state index in [1.807, 2.05) is 13.0 Å². The summed E-state index contributed by atoms with van der Waals surface area (Å²) in [6, 6.07) is 8.63. The summed E-state index contributed by atoms with van der Waals surface area (Å²) in [6.07, 6.45) is 3.46. The van der Waals surface area contributed by atoms with Gasteiger partial charge in [0.2, 0.25) is 5.95 Å². The van der Waals surface area contributed by atoms with Gasteiger partial charge in [-0.1, -0.05) is 18.2 Å². The Morgan fingerprint density at radius 1 is 1.17 bits per heavy atom. The zero-order valence-electron chi connectivity index (χ0n) is 12.9. The second-order valence-corrected chi connectivity index (χ2v) is 5.28. The topological polar surface area (TPSA) is 128 Å². The molecule has 7 heteroatoms. The molecule has 0 saturated heterocycles. The summed E-state index contributed by atoms with van der Waals surface area (Å²) in [5.41, 5.74) is 14.3. The summed E-state index contributed by atoms with van der Waals surface area (Å²) in [7, 11) is 0. The lowest BCUT2D eigenvalue weighted by molar-refractivity contribution is 0.0696. The van der Waals surface area contributed by atoms with Gasteiger partial charge in [-0.05, 0) is 41.8 Å². The molecule has 24 heavy (non-hydrogen) atoms. The molecule has 3 aromatic rings. The van der Waals surface area contributed by atoms with E-state index in [4.69, 9.17) is 11.5 Å². The minimum absolute atomic E-state index is 0.0716. The zero-order valence-corrected chi connectivity index (χ0v) is 12.9. The molecule has 0 aliphatic rings. The Hall–Kier alpha value is -3.48. The molecular formula is C17H15N5O2. The van der Waals surface area contributed by atoms with Gasteiger partial charge in [0.25, 0.3) is 0 Å². The first-order valence-corrected chi connectivity index (χ1v) is 7.15. The number of nitrogen functional groups attached to an aromatic ring is 2. The van der Waals surface area contributed by atoms with E-state index in [-0.39, 0.29) is 17.3 Å². The normalized spacial score (nSPS) is 11.6. The van der Waals surface area contributed by atoms with Gasteiger partial charge in [-0.3, -0.25) is 0 Å². The molecule has 2 heterocycles. The Bertz CT molecular complexity index is 982. The summed E-state index contributed by atoms with van der Waals surface area (Å²) in [5, 5.41) is 9.89. The molecule has 5 N–H and O–H groups in total. The van der Waals surface area contributed by atoms with Crippen molar-refractivity contribution in [1.82, 2.24) is 15.0 Å². The third-order valence-electron chi connectivity index (χ3n) is 3.58. The molecule has 0 fully saturated rings. The van der Waals surface area contributed by atoms with Crippen LogP contribution in [0.2, 0.25) is 0 Å². The van der Waals surface area contributed by atoms with E-state index in [1.165, 1.54) is 0 Å². The maximum atomic E-state index is 11.3. The van der Waals surface area contributed by atoms with Crippen LogP contribution in [0.1, 0.15) is 28.4 Å². The number of rotatable bonds is 3. The monoisotopic (exact) mass is 321 g/mol. The van der Waals surface area contributed by atoms with Crippen molar-refractivity contribution in [2.75, 3.05) is 11.5 Å². The third-order valence-corrected chi connectivity index (χ3v) is 3.58. The molecular weight excluding hydrogens is 306 g/mol. The summed E-state index contributed by atoms with van der Waals surface area (Å²) >= 11 is 0. The average molecular weight is 321 g/mol. The van der Waals surface area contributed by atoms with Gasteiger partial charge < -0.3 is 16.6 Å². The molecule has 0 unspecified atom stereocenters. The molecule has 0 aliphatic heterocycles. The molecule has 0 spiro atoms. The first-order chi connectivity index (χ1) is 11.5. The highest BCUT2D eigenvalue weighted by atomic mass is 16.4. The Labute approximate surface area is 137 Å². The van der Waals surface area contributed by atoms with Gasteiger partial charge in [0.05, 0.1) is 10.9 Å². The number of benzene rings is 1. The second kappa shape index (κ2) is 5.96. The Balaban J connectivity index is 2.08. The zero-order chi connectivity index (χ0) is 17.3. The summed E-state index contributed by atoms with van der Waals surface area (Å²) in [5.74, 6) is -0.644. The van der Waals surface area contributed by atoms with Crippen LogP contribution >= 0.6 is 0 Å². The molecule has 1 aromatic carbocycles. The Kier molecular flexibility index (Phi) is 3.83. The maximum absolute atomic E-state index is 11.3. The van der Waals surface area contributed by atoms with Gasteiger partial charge in [0, 0.05) is 6.20 Å². The molecule has 0 aliphatic carbocycles. The van der Waals surface area contributed by atoms with Crippen molar-refractivity contribution < 1.29 is 9.90 Å². The fraction of sp³-hybridized carbons (Fsp3) is 0.0588. The van der Waals surface area contributed by atoms with Crippen molar-refractivity contribution in [2.45, 2.75) is 6.92 Å². The number of hydrogen-bond donors (Lipinski definition) is 3. The number of anilines is 2. The minimum atomic E-state index is -0.969. The maximum Gasteiger partial charge on any atom is 0.336 e. The predicted octanol–water partition coefficient (Wildman–Crippen LogP) is 2.45. The van der Waals surface area contributed by atoms with Gasteiger partial charge in [0.15, 0.2) is 5.65 Å². The van der Waals surface area contributed by atoms with E-state index >= 15 is 0 Å². The second-order valence-electron chi connectivity index (χ2n) is 5.28. The fourth-order valence-corrected chi connectivity index (χ4v) is 2.49. The number of carbonyl (C=O) groups is 1. The van der Waals surface area contributed by atoms with Crippen LogP contribution in [0.25, 0.3) is 22.7 Å². The molecule has 2 aromatic heterocycles. The van der Waals surface area contributed by atoms with Gasteiger partial charge in [0.1, 0.15) is 5.82 Å². The van der Waals surface area contributed by atoms with Crippen LogP contribution < -0.4 is 11.5 Å². The molecule has 0 saturated carbocycles. The van der Waals surface area contributed by atoms with E-state index in [0.717, 1.165) is 11.1 Å². The molecule has 3 rings (SSSR count). The van der Waals surface area contributed by atoms with Gasteiger partial charge in [-0.25, -0.2) is 9.78 Å². The van der Waals surface area contributed by atoms with Gasteiger partial charge in [-0.15, -0.1) is 0 Å². The van der Waals surface area contributed by atoms with E-state index in [1.54, 1.807) is 36.5 Å². The average Bonchev–Trinajstić information content (AvgIpc) is 2.55. The largest absolute Gasteiger partial charge is 0.478 e. The molecule has 0 bridgehead atoms. The van der Waals surface area contributed by atoms with Crippen molar-refractivity contribution in [1.29, 1.82) is 0 Å². The van der Waals surface area contributed by atoms with Crippen molar-refractivity contribution in [3.8, 4) is 0 Å². The minimum Gasteiger partial charge on any atom is -0.478 e. The Morgan fingerprint density at radius 3 is 2.58 bits per heavy atom. The van der Waals surface area contributed by atoms with Crippen LogP contribution in [0, 0.1) is 0 Å². The first kappa shape index (κ1) is 15.4. The number of allylic oxidation sites excluding steroid dienone is 1. The number of nitrogens with two attached hydrogens (primary N) is 2. The highest BCUT2D eigenvalue weighted by Gasteiger charge is 2.11. The van der Waals surface area contributed by atoms with Crippen molar-refractivity contribution in [3.05, 3.63) is 53.2 Å². The number of carboxylic acids is 1. The van der Waals surface area contributed by atoms with Gasteiger partial charge in [-0.2, -0.15) is 9.97 Å². The number of nitrogens with zero attached hydrogens (tertiary/aromatic N) is 3. The number of fused-ring (bicyclic) bond motifs is 1. The number of carboxylic acid groups (broad SMARTS) is 1. The molecule has 0 radical (unpaired) electrons. The summed E-state index contributed by atoms with van der Waals surface area (Å²) in [6.45, 7) is 1.84. The number of hydrogen-bond acceptors (Lipinski definition) is 6. The quantitative estimate of drug-likeness (QED) is 0.675. The van der Waals surface area contributed by atoms with Crippen molar-refractivity contribution in [2.24, 2.45) is 0 Å². The lowest BCUT2D eigenvalue weighted by atomic mass is 9.99. The summed E-state index contributed by atoms with van der Waals surface area (Å²) in [4.78, 5) is 23.5. The lowest BCUT2D eigenvalue weighted by Gasteiger charge is -2.07. The van der Waals surface area contributed by atoms with E-state index in [9.17, 15) is 9.90 Å². The number of pyridine rings is 1. The van der Waals surface area contributed by atoms with E-state index in [0.29, 0.717) is 16.6 Å². The molecule has 0 amide bonds. The van der Waals surface area contributed by atoms with E-state index < -0.39 is 5.97 Å². The fourth-order valence-electron chi connectivity index (χ4n) is 2.49. The standard InChI is InChI=1S/C17H15N5O2/c1-9(11-4-2-3-5-12(11)16(23)24)6-10-7-13-14(18)21-17(19)22-15(13)20-8-10/h2-8H,1H3,(H,23,24)(H4,18,19,20,21,22)/b9-6+. The SMILES string of the molecule is C/C(=C\c1cnc2nc(N)nc(N)c2c1)c1ccccc1C(=O)O. The van der Waals surface area contributed by atoms with Crippen LogP contribution in [0.5, 0.6) is 0 Å². The number of aromatic carboxylic acids is 1. The third kappa shape index (κ3) is 2.87. The first-order valence-electron chi connectivity index (χ1n) is 7.15. The Morgan fingerprint density at radius 2 is 1.88 bits per heavy atom. The van der Waals surface area contributed by atoms with Crippen LogP contribution in [0.4, 0.5) is 11.8 Å². The van der Waals surface area contributed by atoms with Crippen LogP contribution in [-0.4, -0.2) is 26.0 Å².